The fraction of sp³-hybridized carbons (Fsp3) is 0.500. The van der Waals surface area contributed by atoms with Crippen LogP contribution in [0.2, 0.25) is 0 Å². The van der Waals surface area contributed by atoms with Crippen LogP contribution in [0.25, 0.3) is 0 Å². The number of rotatable bonds is 5. The van der Waals surface area contributed by atoms with Crippen LogP contribution in [0.1, 0.15) is 35.8 Å². The Morgan fingerprint density at radius 2 is 2.31 bits per heavy atom. The molecule has 0 aromatic carbocycles. The van der Waals surface area contributed by atoms with Gasteiger partial charge in [-0.25, -0.2) is 0 Å². The third kappa shape index (κ3) is 3.62. The molecule has 88 valence electrons. The Kier molecular flexibility index (Phi) is 4.42. The summed E-state index contributed by atoms with van der Waals surface area (Å²) in [4.78, 5) is 22.0. The molecule has 0 bridgehead atoms. The van der Waals surface area contributed by atoms with Gasteiger partial charge in [-0.2, -0.15) is 4.37 Å². The molecule has 1 aromatic heterocycles. The van der Waals surface area contributed by atoms with Crippen LogP contribution in [0, 0.1) is 6.92 Å². The summed E-state index contributed by atoms with van der Waals surface area (Å²) in [7, 11) is 0. The Bertz CT molecular complexity index is 389. The Balaban J connectivity index is 2.46. The van der Waals surface area contributed by atoms with Crippen molar-refractivity contribution in [2.75, 3.05) is 0 Å². The first-order valence-corrected chi connectivity index (χ1v) is 5.78. The summed E-state index contributed by atoms with van der Waals surface area (Å²) in [5, 5.41) is 12.9. The molecule has 0 spiro atoms. The average Bonchev–Trinajstić information content (AvgIpc) is 2.61. The number of carbonyl (C=O) groups excluding carboxylic acids is 1. The molecule has 0 fully saturated rings. The van der Waals surface area contributed by atoms with Crippen molar-refractivity contribution in [3.8, 4) is 0 Å². The van der Waals surface area contributed by atoms with Gasteiger partial charge in [0.1, 0.15) is 0 Å². The molecule has 0 saturated heterocycles. The van der Waals surface area contributed by atoms with Crippen LogP contribution in [0.4, 0.5) is 0 Å². The summed E-state index contributed by atoms with van der Waals surface area (Å²) in [5.41, 5.74) is 1.26. The molecule has 0 aliphatic heterocycles. The summed E-state index contributed by atoms with van der Waals surface area (Å²) >= 11 is 1.23. The molecule has 0 saturated carbocycles. The van der Waals surface area contributed by atoms with Crippen LogP contribution in [0.15, 0.2) is 5.38 Å². The number of aromatic nitrogens is 1. The molecule has 2 N–H and O–H groups in total. The largest absolute Gasteiger partial charge is 0.481 e. The van der Waals surface area contributed by atoms with Crippen molar-refractivity contribution in [1.82, 2.24) is 9.69 Å². The van der Waals surface area contributed by atoms with E-state index in [4.69, 9.17) is 5.11 Å². The van der Waals surface area contributed by atoms with Crippen LogP contribution in [0.5, 0.6) is 0 Å². The van der Waals surface area contributed by atoms with Gasteiger partial charge in [-0.15, -0.1) is 0 Å². The van der Waals surface area contributed by atoms with Crippen molar-refractivity contribution in [3.63, 3.8) is 0 Å². The van der Waals surface area contributed by atoms with E-state index in [1.54, 1.807) is 19.2 Å². The van der Waals surface area contributed by atoms with Gasteiger partial charge in [-0.05, 0) is 31.8 Å². The highest BCUT2D eigenvalue weighted by Gasteiger charge is 2.14. The van der Waals surface area contributed by atoms with Crippen molar-refractivity contribution < 1.29 is 14.7 Å². The molecule has 1 aromatic rings. The molecule has 16 heavy (non-hydrogen) atoms. The SMILES string of the molecule is Cc1nscc1C(=O)NC(C)CCC(=O)O. The smallest absolute Gasteiger partial charge is 0.303 e. The lowest BCUT2D eigenvalue weighted by atomic mass is 10.1. The minimum absolute atomic E-state index is 0.0579. The van der Waals surface area contributed by atoms with Crippen molar-refractivity contribution in [2.45, 2.75) is 32.7 Å². The lowest BCUT2D eigenvalue weighted by Crippen LogP contribution is -2.33. The maximum Gasteiger partial charge on any atom is 0.303 e. The van der Waals surface area contributed by atoms with Crippen LogP contribution in [-0.4, -0.2) is 27.4 Å². The van der Waals surface area contributed by atoms with Gasteiger partial charge in [0.05, 0.1) is 11.3 Å². The van der Waals surface area contributed by atoms with Crippen molar-refractivity contribution in [1.29, 1.82) is 0 Å². The maximum atomic E-state index is 11.7. The number of hydrogen-bond acceptors (Lipinski definition) is 4. The van der Waals surface area contributed by atoms with E-state index < -0.39 is 5.97 Å². The Hall–Kier alpha value is -1.43. The Morgan fingerprint density at radius 1 is 1.62 bits per heavy atom. The lowest BCUT2D eigenvalue weighted by molar-refractivity contribution is -0.137. The van der Waals surface area contributed by atoms with Gasteiger partial charge in [0.25, 0.3) is 5.91 Å². The highest BCUT2D eigenvalue weighted by Crippen LogP contribution is 2.09. The number of carboxylic acids is 1. The summed E-state index contributed by atoms with van der Waals surface area (Å²) in [6, 6.07) is -0.150. The fourth-order valence-corrected chi connectivity index (χ4v) is 1.92. The first-order valence-electron chi connectivity index (χ1n) is 4.94. The third-order valence-electron chi connectivity index (χ3n) is 2.16. The third-order valence-corrected chi connectivity index (χ3v) is 2.88. The predicted molar refractivity (Wildman–Crippen MR) is 60.6 cm³/mol. The second-order valence-electron chi connectivity index (χ2n) is 3.62. The predicted octanol–water partition coefficient (Wildman–Crippen LogP) is 1.43. The van der Waals surface area contributed by atoms with E-state index in [0.29, 0.717) is 17.7 Å². The topological polar surface area (TPSA) is 79.3 Å². The minimum atomic E-state index is -0.852. The summed E-state index contributed by atoms with van der Waals surface area (Å²) in [6.07, 6.45) is 0.486. The second kappa shape index (κ2) is 5.60. The van der Waals surface area contributed by atoms with Crippen LogP contribution < -0.4 is 5.32 Å². The summed E-state index contributed by atoms with van der Waals surface area (Å²) < 4.78 is 4.01. The molecule has 0 aliphatic carbocycles. The fourth-order valence-electron chi connectivity index (χ4n) is 1.22. The van der Waals surface area contributed by atoms with Gasteiger partial charge < -0.3 is 10.4 Å². The van der Waals surface area contributed by atoms with Crippen LogP contribution in [-0.2, 0) is 4.79 Å². The van der Waals surface area contributed by atoms with Gasteiger partial charge in [0, 0.05) is 17.8 Å². The molecule has 0 aliphatic rings. The van der Waals surface area contributed by atoms with Gasteiger partial charge in [0.15, 0.2) is 0 Å². The molecule has 0 radical (unpaired) electrons. The Morgan fingerprint density at radius 3 is 2.81 bits per heavy atom. The second-order valence-corrected chi connectivity index (χ2v) is 4.25. The molecule has 1 heterocycles. The molecule has 5 nitrogen and oxygen atoms in total. The number of nitrogens with one attached hydrogen (secondary N) is 1. The number of carbonyl (C=O) groups is 2. The van der Waals surface area contributed by atoms with Crippen LogP contribution >= 0.6 is 11.5 Å². The minimum Gasteiger partial charge on any atom is -0.481 e. The molecule has 1 amide bonds. The van der Waals surface area contributed by atoms with E-state index in [-0.39, 0.29) is 18.4 Å². The zero-order chi connectivity index (χ0) is 12.1. The number of nitrogens with zero attached hydrogens (tertiary/aromatic N) is 1. The monoisotopic (exact) mass is 242 g/mol. The zero-order valence-electron chi connectivity index (χ0n) is 9.19. The molecule has 1 unspecified atom stereocenters. The van der Waals surface area contributed by atoms with Gasteiger partial charge in [0.2, 0.25) is 0 Å². The van der Waals surface area contributed by atoms with E-state index in [2.05, 4.69) is 9.69 Å². The first-order chi connectivity index (χ1) is 7.50. The van der Waals surface area contributed by atoms with E-state index in [1.165, 1.54) is 11.5 Å². The molecular weight excluding hydrogens is 228 g/mol. The molecule has 1 rings (SSSR count). The molecular formula is C10H14N2O3S. The summed E-state index contributed by atoms with van der Waals surface area (Å²) in [5.74, 6) is -1.04. The number of aliphatic carboxylic acids is 1. The quantitative estimate of drug-likeness (QED) is 0.818. The maximum absolute atomic E-state index is 11.7. The molecule has 6 heteroatoms. The van der Waals surface area contributed by atoms with Gasteiger partial charge >= 0.3 is 5.97 Å². The number of aryl methyl sites for hydroxylation is 1. The van der Waals surface area contributed by atoms with Crippen molar-refractivity contribution in [3.05, 3.63) is 16.6 Å². The highest BCUT2D eigenvalue weighted by molar-refractivity contribution is 7.03. The average molecular weight is 242 g/mol. The normalized spacial score (nSPS) is 12.1. The number of amides is 1. The van der Waals surface area contributed by atoms with Crippen LogP contribution in [0.3, 0.4) is 0 Å². The van der Waals surface area contributed by atoms with E-state index in [1.807, 2.05) is 0 Å². The van der Waals surface area contributed by atoms with Gasteiger partial charge in [-0.3, -0.25) is 9.59 Å². The lowest BCUT2D eigenvalue weighted by Gasteiger charge is -2.12. The number of hydrogen-bond donors (Lipinski definition) is 2. The van der Waals surface area contributed by atoms with E-state index in [0.717, 1.165) is 0 Å². The van der Waals surface area contributed by atoms with Crippen molar-refractivity contribution in [2.24, 2.45) is 0 Å². The number of carboxylic acid groups (broad SMARTS) is 1. The molecule has 1 atom stereocenters. The van der Waals surface area contributed by atoms with E-state index in [9.17, 15) is 9.59 Å². The highest BCUT2D eigenvalue weighted by atomic mass is 32.1. The van der Waals surface area contributed by atoms with E-state index >= 15 is 0 Å². The zero-order valence-corrected chi connectivity index (χ0v) is 10.0. The first kappa shape index (κ1) is 12.6. The van der Waals surface area contributed by atoms with Crippen molar-refractivity contribution >= 4 is 23.4 Å². The summed E-state index contributed by atoms with van der Waals surface area (Å²) in [6.45, 7) is 3.56. The van der Waals surface area contributed by atoms with Gasteiger partial charge in [-0.1, -0.05) is 0 Å². The standard InChI is InChI=1S/C10H14N2O3S/c1-6(3-4-9(13)14)11-10(15)8-5-16-12-7(8)2/h5-6H,3-4H2,1-2H3,(H,11,15)(H,13,14). The Labute approximate surface area is 97.7 Å².